The normalized spacial score (nSPS) is 19.6. The van der Waals surface area contributed by atoms with Gasteiger partial charge in [-0.1, -0.05) is 49.4 Å². The Hall–Kier alpha value is -0.368. The predicted octanol–water partition coefficient (Wildman–Crippen LogP) is 0.381. The molecule has 0 fully saturated rings. The molecule has 1 radical (unpaired) electrons. The minimum absolute atomic E-state index is 0. The second-order valence-electron chi connectivity index (χ2n) is 4.91. The number of rotatable bonds is 2. The molecule has 2 aromatic rings. The van der Waals surface area contributed by atoms with Crippen LogP contribution in [0.25, 0.3) is 0 Å². The largest absolute Gasteiger partial charge is 1.00 e. The van der Waals surface area contributed by atoms with Crippen LogP contribution in [0.4, 0.5) is 0 Å². The van der Waals surface area contributed by atoms with Gasteiger partial charge in [0.15, 0.2) is 0 Å². The first-order valence-electron chi connectivity index (χ1n) is 5.96. The molecule has 1 atom stereocenters. The number of benzene rings is 2. The quantitative estimate of drug-likeness (QED) is 0.469. The summed E-state index contributed by atoms with van der Waals surface area (Å²) in [6.07, 6.45) is 0.977. The maximum Gasteiger partial charge on any atom is 0.123 e. The number of fused-ring (bicyclic) bond motifs is 1. The molecule has 1 aliphatic rings. The van der Waals surface area contributed by atoms with E-state index in [1.165, 1.54) is 11.1 Å². The van der Waals surface area contributed by atoms with E-state index in [1.807, 2.05) is 18.2 Å². The molecule has 0 saturated heterocycles. The zero-order valence-corrected chi connectivity index (χ0v) is 14.3. The van der Waals surface area contributed by atoms with E-state index >= 15 is 0 Å². The topological polar surface area (TPSA) is 9.23 Å². The summed E-state index contributed by atoms with van der Waals surface area (Å²) in [5.74, 6) is 1.03. The summed E-state index contributed by atoms with van der Waals surface area (Å²) in [5, 5.41) is 0. The van der Waals surface area contributed by atoms with Crippen molar-refractivity contribution in [2.75, 3.05) is 6.61 Å². The van der Waals surface area contributed by atoms with Crippen LogP contribution in [0.15, 0.2) is 48.5 Å². The van der Waals surface area contributed by atoms with Gasteiger partial charge in [0.25, 0.3) is 0 Å². The van der Waals surface area contributed by atoms with Crippen molar-refractivity contribution < 1.29 is 49.1 Å². The van der Waals surface area contributed by atoms with E-state index < -0.39 is 0 Å². The van der Waals surface area contributed by atoms with Crippen LogP contribution in [0.2, 0.25) is 0 Å². The van der Waals surface area contributed by atoms with E-state index in [2.05, 4.69) is 43.3 Å². The molecule has 0 aliphatic carbocycles. The molecule has 1 unspecified atom stereocenters. The molecule has 103 valence electrons. The molecule has 2 aromatic carbocycles. The van der Waals surface area contributed by atoms with Gasteiger partial charge in [-0.25, -0.2) is 0 Å². The molecule has 0 N–H and O–H groups in total. The Bertz CT molecular complexity index is 529. The number of halogens is 1. The molecule has 0 spiro atoms. The Balaban J connectivity index is 0.000000902. The van der Waals surface area contributed by atoms with Gasteiger partial charge in [-0.05, 0) is 24.1 Å². The fraction of sp³-hybridized carbons (Fsp3) is 0.250. The van der Waals surface area contributed by atoms with Crippen molar-refractivity contribution in [3.05, 3.63) is 65.7 Å². The summed E-state index contributed by atoms with van der Waals surface area (Å²) in [4.78, 5) is 0. The van der Waals surface area contributed by atoms with Crippen molar-refractivity contribution in [2.24, 2.45) is 0 Å². The molecule has 1 aliphatic heterocycles. The van der Waals surface area contributed by atoms with E-state index in [-0.39, 0.29) is 49.8 Å². The van der Waals surface area contributed by atoms with Crippen molar-refractivity contribution in [3.8, 4) is 5.75 Å². The van der Waals surface area contributed by atoms with Gasteiger partial charge in [-0.3, -0.25) is 0 Å². The van der Waals surface area contributed by atoms with Gasteiger partial charge >= 0.3 is 0 Å². The van der Waals surface area contributed by atoms with Crippen LogP contribution in [-0.2, 0) is 32.3 Å². The van der Waals surface area contributed by atoms with Crippen molar-refractivity contribution in [1.82, 2.24) is 0 Å². The SMILES string of the molecule is CC1(Cc2[c]cccc2)COc2ccccc21.[I-].[Pd]. The van der Waals surface area contributed by atoms with Crippen molar-refractivity contribution in [2.45, 2.75) is 18.8 Å². The number of ether oxygens (including phenoxy) is 1. The van der Waals surface area contributed by atoms with E-state index in [0.29, 0.717) is 0 Å². The van der Waals surface area contributed by atoms with Crippen LogP contribution < -0.4 is 28.7 Å². The Morgan fingerprint density at radius 3 is 2.63 bits per heavy atom. The van der Waals surface area contributed by atoms with E-state index in [0.717, 1.165) is 18.8 Å². The molecule has 1 nitrogen and oxygen atoms in total. The first kappa shape index (κ1) is 16.7. The number of para-hydroxylation sites is 1. The molecular formula is C16H15IOPd-. The maximum atomic E-state index is 5.77. The van der Waals surface area contributed by atoms with Gasteiger partial charge in [0.1, 0.15) is 5.75 Å². The average Bonchev–Trinajstić information content (AvgIpc) is 2.69. The third-order valence-corrected chi connectivity index (χ3v) is 3.44. The van der Waals surface area contributed by atoms with E-state index in [9.17, 15) is 0 Å². The molecule has 0 saturated carbocycles. The summed E-state index contributed by atoms with van der Waals surface area (Å²) >= 11 is 0. The first-order valence-corrected chi connectivity index (χ1v) is 5.96. The van der Waals surface area contributed by atoms with Crippen molar-refractivity contribution in [1.29, 1.82) is 0 Å². The first-order chi connectivity index (χ1) is 8.28. The van der Waals surface area contributed by atoms with E-state index in [4.69, 9.17) is 4.74 Å². The van der Waals surface area contributed by atoms with Gasteiger partial charge in [-0.2, -0.15) is 0 Å². The molecule has 0 aromatic heterocycles. The summed E-state index contributed by atoms with van der Waals surface area (Å²) in [6, 6.07) is 19.8. The van der Waals surface area contributed by atoms with Gasteiger partial charge in [-0.15, -0.1) is 0 Å². The minimum Gasteiger partial charge on any atom is -1.00 e. The Morgan fingerprint density at radius 2 is 1.89 bits per heavy atom. The maximum absolute atomic E-state index is 5.77. The van der Waals surface area contributed by atoms with Gasteiger partial charge in [0, 0.05) is 31.4 Å². The zero-order valence-electron chi connectivity index (χ0n) is 10.6. The molecule has 3 heteroatoms. The van der Waals surface area contributed by atoms with Crippen molar-refractivity contribution in [3.63, 3.8) is 0 Å². The third-order valence-electron chi connectivity index (χ3n) is 3.44. The fourth-order valence-corrected chi connectivity index (χ4v) is 2.51. The van der Waals surface area contributed by atoms with Crippen LogP contribution in [0.5, 0.6) is 5.75 Å². The van der Waals surface area contributed by atoms with Gasteiger partial charge < -0.3 is 28.7 Å². The molecule has 1 heterocycles. The van der Waals surface area contributed by atoms with Gasteiger partial charge in [0.2, 0.25) is 0 Å². The second-order valence-corrected chi connectivity index (χ2v) is 4.91. The Morgan fingerprint density at radius 1 is 1.16 bits per heavy atom. The van der Waals surface area contributed by atoms with Crippen LogP contribution >= 0.6 is 0 Å². The fourth-order valence-electron chi connectivity index (χ4n) is 2.51. The summed E-state index contributed by atoms with van der Waals surface area (Å²) in [5.41, 5.74) is 2.64. The number of hydrogen-bond acceptors (Lipinski definition) is 1. The number of hydrogen-bond donors (Lipinski definition) is 0. The van der Waals surface area contributed by atoms with E-state index in [1.54, 1.807) is 0 Å². The Labute approximate surface area is 145 Å². The average molecular weight is 457 g/mol. The summed E-state index contributed by atoms with van der Waals surface area (Å²) in [6.45, 7) is 3.02. The second kappa shape index (κ2) is 6.88. The minimum atomic E-state index is 0. The van der Waals surface area contributed by atoms with Crippen molar-refractivity contribution >= 4 is 0 Å². The predicted molar refractivity (Wildman–Crippen MR) is 68.3 cm³/mol. The summed E-state index contributed by atoms with van der Waals surface area (Å²) in [7, 11) is 0. The molecule has 0 amide bonds. The Kier molecular flexibility index (Phi) is 6.04. The summed E-state index contributed by atoms with van der Waals surface area (Å²) < 4.78 is 5.77. The zero-order chi connectivity index (χ0) is 11.7. The smallest absolute Gasteiger partial charge is 0.123 e. The van der Waals surface area contributed by atoms with Crippen LogP contribution in [0.3, 0.4) is 0 Å². The van der Waals surface area contributed by atoms with Crippen LogP contribution in [-0.4, -0.2) is 6.61 Å². The molecule has 3 rings (SSSR count). The standard InChI is InChI=1S/C16H15O.HI.Pd/c1-16(11-13-7-3-2-4-8-13)12-17-15-10-6-5-9-14(15)16;;/h2-7,9-10H,11-12H2,1H3;1H;/p-1. The van der Waals surface area contributed by atoms with Gasteiger partial charge in [0.05, 0.1) is 6.61 Å². The molecular weight excluding hydrogens is 441 g/mol. The monoisotopic (exact) mass is 456 g/mol. The van der Waals surface area contributed by atoms with Crippen LogP contribution in [0, 0.1) is 6.07 Å². The third kappa shape index (κ3) is 3.39. The molecule has 19 heavy (non-hydrogen) atoms. The molecule has 0 bridgehead atoms. The van der Waals surface area contributed by atoms with Crippen LogP contribution in [0.1, 0.15) is 18.1 Å².